The van der Waals surface area contributed by atoms with Crippen LogP contribution in [0.3, 0.4) is 0 Å². The van der Waals surface area contributed by atoms with Gasteiger partial charge in [0.2, 0.25) is 11.7 Å². The van der Waals surface area contributed by atoms with Crippen molar-refractivity contribution in [3.63, 3.8) is 0 Å². The minimum atomic E-state index is -4.89. The molecule has 1 aromatic carbocycles. The van der Waals surface area contributed by atoms with Gasteiger partial charge in [-0.2, -0.15) is 24.9 Å². The number of aromatic nitrogens is 3. The van der Waals surface area contributed by atoms with Crippen LogP contribution in [0.2, 0.25) is 0 Å². The van der Waals surface area contributed by atoms with E-state index in [9.17, 15) is 47.7 Å². The van der Waals surface area contributed by atoms with E-state index in [2.05, 4.69) is 36.5 Å². The number of thioether (sulfide) groups is 1. The number of carbonyl (C=O) groups is 4. The summed E-state index contributed by atoms with van der Waals surface area (Å²) >= 11 is 1.84. The Hall–Kier alpha value is -5.90. The van der Waals surface area contributed by atoms with E-state index in [1.54, 1.807) is 50.7 Å². The van der Waals surface area contributed by atoms with Gasteiger partial charge in [-0.1, -0.05) is 102 Å². The molecule has 6 N–H and O–H groups in total. The highest BCUT2D eigenvalue weighted by Crippen LogP contribution is 2.53. The third-order valence-corrected chi connectivity index (χ3v) is 18.6. The van der Waals surface area contributed by atoms with Crippen molar-refractivity contribution in [1.82, 2.24) is 30.9 Å². The lowest BCUT2D eigenvalue weighted by Gasteiger charge is -2.50. The van der Waals surface area contributed by atoms with Crippen LogP contribution in [0.4, 0.5) is 18.0 Å². The average molecular weight is 1250 g/mol. The first kappa shape index (κ1) is 68.6. The monoisotopic (exact) mass is 1240 g/mol. The summed E-state index contributed by atoms with van der Waals surface area (Å²) in [6, 6.07) is 3.41. The second kappa shape index (κ2) is 30.1. The van der Waals surface area contributed by atoms with Gasteiger partial charge < -0.3 is 64.4 Å². The fraction of sp³-hybridized carbons (Fsp3) is 0.672. The van der Waals surface area contributed by atoms with Gasteiger partial charge in [0, 0.05) is 66.7 Å². The molecule has 3 fully saturated rings. The van der Waals surface area contributed by atoms with Gasteiger partial charge in [-0.3, -0.25) is 9.48 Å². The van der Waals surface area contributed by atoms with Gasteiger partial charge in [-0.25, -0.2) is 14.4 Å². The number of alkyl halides is 3. The lowest BCUT2D eigenvalue weighted by Crippen LogP contribution is -2.59. The number of aliphatic hydroxyl groups is 3. The fourth-order valence-electron chi connectivity index (χ4n) is 11.9. The van der Waals surface area contributed by atoms with Crippen molar-refractivity contribution in [2.75, 3.05) is 39.7 Å². The molecule has 0 radical (unpaired) electrons. The van der Waals surface area contributed by atoms with Crippen molar-refractivity contribution in [2.45, 2.75) is 186 Å². The summed E-state index contributed by atoms with van der Waals surface area (Å²) in [6.45, 7) is 16.6. The molecule has 87 heavy (non-hydrogen) atoms. The summed E-state index contributed by atoms with van der Waals surface area (Å²) in [4.78, 5) is 52.6. The summed E-state index contributed by atoms with van der Waals surface area (Å²) in [5.74, 6) is -6.96. The van der Waals surface area contributed by atoms with Crippen molar-refractivity contribution in [3.05, 3.63) is 88.5 Å². The zero-order valence-corrected chi connectivity index (χ0v) is 52.3. The minimum absolute atomic E-state index is 0.0175. The summed E-state index contributed by atoms with van der Waals surface area (Å²) in [5.41, 5.74) is -1.42. The zero-order chi connectivity index (χ0) is 63.5. The van der Waals surface area contributed by atoms with Crippen LogP contribution in [0.1, 0.15) is 122 Å². The highest BCUT2D eigenvalue weighted by atomic mass is 32.2. The van der Waals surface area contributed by atoms with Gasteiger partial charge in [0.05, 0.1) is 63.5 Å². The first-order valence-corrected chi connectivity index (χ1v) is 30.9. The topological polar surface area (TPSA) is 285 Å². The number of cyclic esters (lactones) is 1. The van der Waals surface area contributed by atoms with Crippen LogP contribution < -0.4 is 20.7 Å². The Kier molecular flexibility index (Phi) is 23.7. The number of fused-ring (bicyclic) bond motifs is 1. The van der Waals surface area contributed by atoms with Gasteiger partial charge in [0.15, 0.2) is 5.79 Å². The maximum atomic E-state index is 14.4. The molecule has 0 spiro atoms. The smallest absolute Gasteiger partial charge is 0.442 e. The molecule has 22 nitrogen and oxygen atoms in total. The normalized spacial score (nSPS) is 31.7. The molecule has 3 unspecified atom stereocenters. The van der Waals surface area contributed by atoms with E-state index in [0.717, 1.165) is 48.8 Å². The van der Waals surface area contributed by atoms with Gasteiger partial charge >= 0.3 is 29.8 Å². The number of allylic oxidation sites excluding steroid dienone is 5. The van der Waals surface area contributed by atoms with E-state index in [1.807, 2.05) is 58.5 Å². The quantitative estimate of drug-likeness (QED) is 0.0332. The number of unbranched alkanes of at least 4 members (excludes halogenated alkanes) is 1. The molecule has 26 heteroatoms. The molecule has 5 aliphatic rings. The van der Waals surface area contributed by atoms with E-state index < -0.39 is 89.5 Å². The minimum Gasteiger partial charge on any atom is -0.490 e. The lowest BCUT2D eigenvalue weighted by molar-refractivity contribution is -0.328. The second-order valence-corrected chi connectivity index (χ2v) is 25.4. The molecule has 0 aliphatic carbocycles. The molecule has 1 aromatic heterocycles. The van der Waals surface area contributed by atoms with E-state index in [1.165, 1.54) is 20.3 Å². The number of ether oxygens (including phenoxy) is 7. The number of nitrogens with one attached hydrogen (secondary N) is 3. The van der Waals surface area contributed by atoms with Crippen molar-refractivity contribution < 1.29 is 80.8 Å². The average Bonchev–Trinajstić information content (AvgIpc) is 1.64. The van der Waals surface area contributed by atoms with E-state index >= 15 is 0 Å². The van der Waals surface area contributed by atoms with E-state index in [0.29, 0.717) is 42.4 Å². The van der Waals surface area contributed by atoms with Gasteiger partial charge in [0.1, 0.15) is 41.9 Å². The number of hydrogen-bond donors (Lipinski definition) is 6. The van der Waals surface area contributed by atoms with Crippen LogP contribution in [-0.2, 0) is 56.8 Å². The number of urea groups is 1. The SMILES string of the molecule is CO/C1=C/C(C)=C/[C@@H](C)[C@@H](O)[C@@H](C)C/C(C)=C/C=C/[C@H](OC)[C@@H]([C@@H](C)[C@@H](O)[C@H](C)[C@@]2(O)C[C@@H](OC(=O)c3ccc(C4(C(F)(F)F)N=N4)cc3OCCOCc3cn(CCNC(=O)CCCCC4SCC5NC(=O)NC54)nn3)[C@@H](C)[C@@H](C(C)C)O2)OC1=O. The van der Waals surface area contributed by atoms with Crippen LogP contribution in [-0.4, -0.2) is 160 Å². The molecule has 3 saturated heterocycles. The lowest BCUT2D eigenvalue weighted by atomic mass is 9.76. The van der Waals surface area contributed by atoms with Gasteiger partial charge in [0.25, 0.3) is 0 Å². The zero-order valence-electron chi connectivity index (χ0n) is 51.5. The predicted molar refractivity (Wildman–Crippen MR) is 315 cm³/mol. The molecule has 15 atom stereocenters. The highest BCUT2D eigenvalue weighted by Gasteiger charge is 2.65. The van der Waals surface area contributed by atoms with Gasteiger partial charge in [-0.05, 0) is 63.2 Å². The number of rotatable bonds is 24. The maximum absolute atomic E-state index is 14.4. The Labute approximate surface area is 510 Å². The van der Waals surface area contributed by atoms with Crippen LogP contribution in [0.15, 0.2) is 81.9 Å². The molecule has 5 aliphatic heterocycles. The Bertz CT molecular complexity index is 2860. The molecule has 6 heterocycles. The van der Waals surface area contributed by atoms with Crippen LogP contribution in [0.25, 0.3) is 0 Å². The third kappa shape index (κ3) is 17.3. The first-order valence-electron chi connectivity index (χ1n) is 29.9. The van der Waals surface area contributed by atoms with Crippen molar-refractivity contribution >= 4 is 35.6 Å². The highest BCUT2D eigenvalue weighted by molar-refractivity contribution is 8.00. The molecule has 0 saturated carbocycles. The number of halogens is 3. The van der Waals surface area contributed by atoms with Crippen molar-refractivity contribution in [1.29, 1.82) is 0 Å². The van der Waals surface area contributed by atoms with Crippen molar-refractivity contribution in [3.8, 4) is 5.75 Å². The molecule has 482 valence electrons. The molecule has 3 amide bonds. The number of nitrogens with zero attached hydrogens (tertiary/aromatic N) is 5. The van der Waals surface area contributed by atoms with Gasteiger partial charge in [-0.15, -0.1) is 15.3 Å². The predicted octanol–water partition coefficient (Wildman–Crippen LogP) is 7.77. The fourth-order valence-corrected chi connectivity index (χ4v) is 13.5. The molecular formula is C61H87F3N8O14S. The van der Waals surface area contributed by atoms with Crippen LogP contribution in [0.5, 0.6) is 5.75 Å². The Balaban J connectivity index is 0.992. The Morgan fingerprint density at radius 1 is 1.03 bits per heavy atom. The van der Waals surface area contributed by atoms with Crippen LogP contribution >= 0.6 is 11.8 Å². The number of carbonyl (C=O) groups excluding carboxylic acids is 4. The van der Waals surface area contributed by atoms with E-state index in [-0.39, 0.29) is 85.1 Å². The number of esters is 2. The van der Waals surface area contributed by atoms with E-state index in [4.69, 9.17) is 33.2 Å². The standard InChI is InChI=1S/C61H87F3N8O14S/c1-33(2)54-38(7)48(29-59(79,86-54)40(9)53(75)39(8)55-45(80-10)16-14-15-34(3)25-36(5)52(74)37(6)26-35(4)27-47(81-11)57(77)85-55)84-56(76)43-20-19-41(60(69-70-60)61(62,63)64)28-46(43)83-24-23-82-31-42-30-72(71-68-42)22-21-65-50(73)18-13-12-17-49-51-44(32-87-49)66-58(78)67-51/h14-16,19-20,26-28,30,33,36-40,44-45,48-49,51-55,74-75,79H,12-13,17-18,21-25,29,31-32H2,1-11H3,(H,65,73)(H2,66,67,78)/b16-14+,34-15+,35-26+,47-27+/t36-,37+,38+,39-,40-,44?,45-,48+,49?,51?,52-,53+,54+,55+,59+/m0/s1. The maximum Gasteiger partial charge on any atom is 0.442 e. The summed E-state index contributed by atoms with van der Waals surface area (Å²) in [7, 11) is 2.75. The third-order valence-electron chi connectivity index (χ3n) is 17.1. The second-order valence-electron chi connectivity index (χ2n) is 24.1. The number of methoxy groups -OCH3 is 2. The molecule has 0 bridgehead atoms. The number of benzene rings is 1. The summed E-state index contributed by atoms with van der Waals surface area (Å²) in [5, 5.41) is 60.2. The Morgan fingerprint density at radius 3 is 2.47 bits per heavy atom. The molecule has 7 rings (SSSR count). The molecular weight excluding hydrogens is 1160 g/mol. The Morgan fingerprint density at radius 2 is 1.78 bits per heavy atom. The number of hydrogen-bond acceptors (Lipinski definition) is 19. The number of aliphatic hydroxyl groups excluding tert-OH is 2. The first-order chi connectivity index (χ1) is 41.2. The van der Waals surface area contributed by atoms with Crippen LogP contribution in [0, 0.1) is 35.5 Å². The molecule has 2 aromatic rings. The van der Waals surface area contributed by atoms with Crippen molar-refractivity contribution in [2.24, 2.45) is 45.7 Å². The largest absolute Gasteiger partial charge is 0.490 e. The summed E-state index contributed by atoms with van der Waals surface area (Å²) < 4.78 is 86.5. The number of amides is 3. The summed E-state index contributed by atoms with van der Waals surface area (Å²) in [6.07, 6.45) is 2.41.